The number of fused-ring (bicyclic) bond motifs is 2. The van der Waals surface area contributed by atoms with E-state index < -0.39 is 30.4 Å². The molecule has 2 atom stereocenters. The van der Waals surface area contributed by atoms with E-state index in [9.17, 15) is 31.4 Å². The van der Waals surface area contributed by atoms with Crippen LogP contribution in [0.1, 0.15) is 55.6 Å². The molecule has 37 heavy (non-hydrogen) atoms. The number of aliphatic hydroxyl groups is 1. The van der Waals surface area contributed by atoms with Crippen molar-refractivity contribution in [3.05, 3.63) is 53.6 Å². The van der Waals surface area contributed by atoms with Crippen LogP contribution < -0.4 is 5.32 Å². The van der Waals surface area contributed by atoms with Crippen molar-refractivity contribution in [3.8, 4) is 0 Å². The molecule has 4 N–H and O–H groups in total. The van der Waals surface area contributed by atoms with Gasteiger partial charge in [0.15, 0.2) is 0 Å². The standard InChI is InChI=1S/C19H25N3O.2C2HF3O2/c1-13(2)18-21-11-12-22(18)16-14-5-3-4-6-15(14)19(17(16)23)7-9-20-10-8-19;2*3-2(4,5)1(6)7/h3-6,11-13,16-17,20,23H,7-10H2,1-2H3;2*(H,6,7)/t16-,17+;;/m1../s1. The van der Waals surface area contributed by atoms with Gasteiger partial charge in [-0.25, -0.2) is 14.6 Å². The lowest BCUT2D eigenvalue weighted by molar-refractivity contribution is -0.193. The lowest BCUT2D eigenvalue weighted by Crippen LogP contribution is -2.47. The number of hydrogen-bond donors (Lipinski definition) is 4. The molecule has 0 radical (unpaired) electrons. The minimum atomic E-state index is -5.08. The third-order valence-electron chi connectivity index (χ3n) is 6.18. The molecule has 2 heterocycles. The van der Waals surface area contributed by atoms with Crippen LogP contribution in [0, 0.1) is 0 Å². The number of rotatable bonds is 2. The molecule has 1 fully saturated rings. The zero-order chi connectivity index (χ0) is 28.2. The molecule has 4 rings (SSSR count). The second-order valence-electron chi connectivity index (χ2n) is 8.84. The van der Waals surface area contributed by atoms with Crippen LogP contribution in [0.3, 0.4) is 0 Å². The number of carbonyl (C=O) groups is 2. The van der Waals surface area contributed by atoms with Gasteiger partial charge in [-0.1, -0.05) is 38.1 Å². The molecule has 2 aliphatic rings. The van der Waals surface area contributed by atoms with Crippen LogP contribution in [-0.4, -0.2) is 68.4 Å². The van der Waals surface area contributed by atoms with Crippen molar-refractivity contribution in [1.82, 2.24) is 14.9 Å². The van der Waals surface area contributed by atoms with Crippen LogP contribution in [0.5, 0.6) is 0 Å². The lowest BCUT2D eigenvalue weighted by atomic mass is 9.72. The fourth-order valence-corrected chi connectivity index (χ4v) is 4.59. The molecule has 8 nitrogen and oxygen atoms in total. The molecule has 1 saturated heterocycles. The summed E-state index contributed by atoms with van der Waals surface area (Å²) < 4.78 is 65.7. The van der Waals surface area contributed by atoms with Gasteiger partial charge in [-0.15, -0.1) is 0 Å². The number of imidazole rings is 1. The Balaban J connectivity index is 0.000000286. The van der Waals surface area contributed by atoms with Gasteiger partial charge in [0.2, 0.25) is 0 Å². The number of aliphatic hydroxyl groups excluding tert-OH is 1. The quantitative estimate of drug-likeness (QED) is 0.428. The number of hydrogen-bond acceptors (Lipinski definition) is 5. The maximum Gasteiger partial charge on any atom is 0.490 e. The molecule has 1 aliphatic carbocycles. The Bertz CT molecular complexity index is 1050. The summed E-state index contributed by atoms with van der Waals surface area (Å²) in [5.74, 6) is -4.12. The smallest absolute Gasteiger partial charge is 0.475 e. The zero-order valence-corrected chi connectivity index (χ0v) is 19.8. The van der Waals surface area contributed by atoms with Crippen molar-refractivity contribution in [1.29, 1.82) is 0 Å². The first-order valence-electron chi connectivity index (χ1n) is 11.1. The number of halogens is 6. The molecular formula is C23H27F6N3O5. The molecule has 1 spiro atoms. The van der Waals surface area contributed by atoms with Gasteiger partial charge < -0.3 is 25.2 Å². The van der Waals surface area contributed by atoms with Gasteiger partial charge in [-0.2, -0.15) is 26.3 Å². The Labute approximate surface area is 207 Å². The first-order valence-corrected chi connectivity index (χ1v) is 11.1. The highest BCUT2D eigenvalue weighted by Crippen LogP contribution is 2.51. The lowest BCUT2D eigenvalue weighted by Gasteiger charge is -2.39. The highest BCUT2D eigenvalue weighted by atomic mass is 19.4. The molecule has 14 heteroatoms. The molecule has 2 aromatic rings. The highest BCUT2D eigenvalue weighted by Gasteiger charge is 2.52. The first kappa shape index (κ1) is 30.1. The number of aromatic nitrogens is 2. The molecule has 1 aromatic carbocycles. The van der Waals surface area contributed by atoms with Gasteiger partial charge in [0.25, 0.3) is 0 Å². The summed E-state index contributed by atoms with van der Waals surface area (Å²) in [6.07, 6.45) is -4.69. The zero-order valence-electron chi connectivity index (χ0n) is 19.8. The van der Waals surface area contributed by atoms with Crippen molar-refractivity contribution < 1.29 is 51.3 Å². The Morgan fingerprint density at radius 1 is 1.03 bits per heavy atom. The van der Waals surface area contributed by atoms with E-state index in [2.05, 4.69) is 53.0 Å². The van der Waals surface area contributed by atoms with E-state index in [1.54, 1.807) is 0 Å². The number of benzene rings is 1. The summed E-state index contributed by atoms with van der Waals surface area (Å²) in [6.45, 7) is 6.26. The molecule has 206 valence electrons. The van der Waals surface area contributed by atoms with E-state index >= 15 is 0 Å². The van der Waals surface area contributed by atoms with Gasteiger partial charge >= 0.3 is 24.3 Å². The number of piperidine rings is 1. The van der Waals surface area contributed by atoms with E-state index in [0.29, 0.717) is 5.92 Å². The largest absolute Gasteiger partial charge is 0.490 e. The van der Waals surface area contributed by atoms with Crippen molar-refractivity contribution in [3.63, 3.8) is 0 Å². The van der Waals surface area contributed by atoms with E-state index in [1.807, 2.05) is 12.4 Å². The summed E-state index contributed by atoms with van der Waals surface area (Å²) >= 11 is 0. The Kier molecular flexibility index (Phi) is 9.36. The third-order valence-corrected chi connectivity index (χ3v) is 6.18. The summed E-state index contributed by atoms with van der Waals surface area (Å²) in [7, 11) is 0. The summed E-state index contributed by atoms with van der Waals surface area (Å²) in [4.78, 5) is 22.3. The number of carboxylic acid groups (broad SMARTS) is 2. The first-order chi connectivity index (χ1) is 17.0. The van der Waals surface area contributed by atoms with Gasteiger partial charge in [-0.05, 0) is 37.1 Å². The number of carboxylic acids is 2. The monoisotopic (exact) mass is 539 g/mol. The van der Waals surface area contributed by atoms with Crippen LogP contribution >= 0.6 is 0 Å². The van der Waals surface area contributed by atoms with E-state index in [-0.39, 0.29) is 11.5 Å². The Hall–Kier alpha value is -3.13. The van der Waals surface area contributed by atoms with Gasteiger partial charge in [-0.3, -0.25) is 0 Å². The maximum atomic E-state index is 11.4. The molecule has 1 aromatic heterocycles. The molecule has 0 saturated carbocycles. The van der Waals surface area contributed by atoms with Crippen molar-refractivity contribution >= 4 is 11.9 Å². The highest BCUT2D eigenvalue weighted by molar-refractivity contribution is 5.73. The minimum Gasteiger partial charge on any atom is -0.475 e. The minimum absolute atomic E-state index is 0.0239. The number of aliphatic carboxylic acids is 2. The third kappa shape index (κ3) is 6.80. The maximum absolute atomic E-state index is 11.4. The normalized spacial score (nSPS) is 20.4. The van der Waals surface area contributed by atoms with Crippen LogP contribution in [0.25, 0.3) is 0 Å². The number of alkyl halides is 6. The van der Waals surface area contributed by atoms with Crippen LogP contribution in [0.4, 0.5) is 26.3 Å². The summed E-state index contributed by atoms with van der Waals surface area (Å²) in [5.41, 5.74) is 2.48. The average molecular weight is 539 g/mol. The van der Waals surface area contributed by atoms with E-state index in [4.69, 9.17) is 19.8 Å². The van der Waals surface area contributed by atoms with Crippen molar-refractivity contribution in [2.75, 3.05) is 13.1 Å². The molecule has 0 amide bonds. The molecular weight excluding hydrogens is 512 g/mol. The molecule has 0 bridgehead atoms. The van der Waals surface area contributed by atoms with Crippen molar-refractivity contribution in [2.45, 2.75) is 62.5 Å². The second-order valence-corrected chi connectivity index (χ2v) is 8.84. The SMILES string of the molecule is CC(C)c1nccn1[C@@H]1c2ccccc2C2(CCNCC2)[C@H]1O.O=C(O)C(F)(F)F.O=C(O)C(F)(F)F. The van der Waals surface area contributed by atoms with Crippen molar-refractivity contribution in [2.24, 2.45) is 0 Å². The fraction of sp³-hybridized carbons (Fsp3) is 0.522. The molecule has 0 unspecified atom stereocenters. The summed E-state index contributed by atoms with van der Waals surface area (Å²) in [5, 5.41) is 29.1. The predicted molar refractivity (Wildman–Crippen MR) is 118 cm³/mol. The van der Waals surface area contributed by atoms with Crippen LogP contribution in [-0.2, 0) is 15.0 Å². The van der Waals surface area contributed by atoms with Gasteiger partial charge in [0, 0.05) is 23.7 Å². The van der Waals surface area contributed by atoms with Crippen LogP contribution in [0.2, 0.25) is 0 Å². The Morgan fingerprint density at radius 2 is 1.51 bits per heavy atom. The van der Waals surface area contributed by atoms with Crippen LogP contribution in [0.15, 0.2) is 36.7 Å². The van der Waals surface area contributed by atoms with E-state index in [0.717, 1.165) is 31.8 Å². The topological polar surface area (TPSA) is 125 Å². The second kappa shape index (κ2) is 11.5. The summed E-state index contributed by atoms with van der Waals surface area (Å²) in [6, 6.07) is 8.57. The van der Waals surface area contributed by atoms with Gasteiger partial charge in [0.05, 0.1) is 12.1 Å². The average Bonchev–Trinajstić information content (AvgIpc) is 3.36. The number of nitrogens with one attached hydrogen (secondary N) is 1. The van der Waals surface area contributed by atoms with Gasteiger partial charge in [0.1, 0.15) is 5.82 Å². The molecule has 1 aliphatic heterocycles. The fourth-order valence-electron chi connectivity index (χ4n) is 4.59. The Morgan fingerprint density at radius 3 is 1.97 bits per heavy atom. The number of nitrogens with zero attached hydrogens (tertiary/aromatic N) is 2. The predicted octanol–water partition coefficient (Wildman–Crippen LogP) is 3.86. The van der Waals surface area contributed by atoms with E-state index in [1.165, 1.54) is 11.1 Å².